The van der Waals surface area contributed by atoms with Crippen molar-refractivity contribution in [1.82, 2.24) is 9.78 Å². The monoisotopic (exact) mass is 214 g/mol. The topological polar surface area (TPSA) is 47.3 Å². The zero-order valence-electron chi connectivity index (χ0n) is 7.77. The molecule has 1 atom stereocenters. The number of ether oxygens (including phenoxy) is 1. The van der Waals surface area contributed by atoms with Crippen molar-refractivity contribution >= 4 is 11.6 Å². The van der Waals surface area contributed by atoms with Gasteiger partial charge in [-0.25, -0.2) is 0 Å². The highest BCUT2D eigenvalue weighted by molar-refractivity contribution is 6.31. The van der Waals surface area contributed by atoms with Gasteiger partial charge in [-0.05, 0) is 6.08 Å². The zero-order chi connectivity index (χ0) is 10.1. The molecule has 1 aromatic rings. The van der Waals surface area contributed by atoms with E-state index in [0.717, 1.165) is 6.42 Å². The summed E-state index contributed by atoms with van der Waals surface area (Å²) in [4.78, 5) is 0. The van der Waals surface area contributed by atoms with Crippen molar-refractivity contribution < 1.29 is 9.84 Å². The minimum absolute atomic E-state index is 0.455. The number of halogens is 1. The van der Waals surface area contributed by atoms with E-state index in [1.54, 1.807) is 11.7 Å². The van der Waals surface area contributed by atoms with E-state index < -0.39 is 6.10 Å². The van der Waals surface area contributed by atoms with Gasteiger partial charge in [0.05, 0.1) is 23.5 Å². The van der Waals surface area contributed by atoms with Gasteiger partial charge in [-0.1, -0.05) is 11.6 Å². The summed E-state index contributed by atoms with van der Waals surface area (Å²) in [6, 6.07) is 0. The largest absolute Gasteiger partial charge is 0.495 e. The first-order chi connectivity index (χ1) is 6.70. The summed E-state index contributed by atoms with van der Waals surface area (Å²) < 4.78 is 6.81. The van der Waals surface area contributed by atoms with E-state index in [9.17, 15) is 5.11 Å². The summed E-state index contributed by atoms with van der Waals surface area (Å²) in [5.74, 6) is 0.565. The van der Waals surface area contributed by atoms with Crippen molar-refractivity contribution in [3.05, 3.63) is 28.7 Å². The Balaban J connectivity index is 2.30. The molecule has 1 aromatic heterocycles. The normalized spacial score (nSPS) is 17.8. The van der Waals surface area contributed by atoms with Gasteiger partial charge in [0.1, 0.15) is 5.76 Å². The van der Waals surface area contributed by atoms with Crippen molar-refractivity contribution in [3.63, 3.8) is 0 Å². The molecule has 0 fully saturated rings. The molecular formula is C9H11ClN2O2. The molecule has 0 spiro atoms. The molecule has 0 saturated carbocycles. The Morgan fingerprint density at radius 2 is 2.50 bits per heavy atom. The smallest absolute Gasteiger partial charge is 0.154 e. The fourth-order valence-corrected chi connectivity index (χ4v) is 1.76. The standard InChI is InChI=1S/C9H11ClN2O2/c1-12-8(6(10)5-11-12)9(13)7-3-2-4-14-7/h3,5,9,13H,2,4H2,1H3. The quantitative estimate of drug-likeness (QED) is 0.810. The van der Waals surface area contributed by atoms with Gasteiger partial charge in [0, 0.05) is 13.5 Å². The van der Waals surface area contributed by atoms with Crippen LogP contribution in [0.1, 0.15) is 18.2 Å². The summed E-state index contributed by atoms with van der Waals surface area (Å²) in [5, 5.41) is 14.3. The van der Waals surface area contributed by atoms with Crippen molar-refractivity contribution in [2.75, 3.05) is 6.61 Å². The van der Waals surface area contributed by atoms with Crippen molar-refractivity contribution in [2.24, 2.45) is 7.05 Å². The first kappa shape index (κ1) is 9.55. The maximum atomic E-state index is 9.93. The number of nitrogens with zero attached hydrogens (tertiary/aromatic N) is 2. The molecule has 2 rings (SSSR count). The number of aliphatic hydroxyl groups is 1. The Morgan fingerprint density at radius 3 is 3.00 bits per heavy atom. The molecular weight excluding hydrogens is 204 g/mol. The Kier molecular flexibility index (Phi) is 2.48. The maximum Gasteiger partial charge on any atom is 0.154 e. The van der Waals surface area contributed by atoms with E-state index in [1.165, 1.54) is 6.20 Å². The third-order valence-electron chi connectivity index (χ3n) is 2.20. The van der Waals surface area contributed by atoms with Crippen molar-refractivity contribution in [2.45, 2.75) is 12.5 Å². The fraction of sp³-hybridized carbons (Fsp3) is 0.444. The second kappa shape index (κ2) is 3.63. The first-order valence-corrected chi connectivity index (χ1v) is 4.76. The van der Waals surface area contributed by atoms with E-state index in [4.69, 9.17) is 16.3 Å². The summed E-state index contributed by atoms with van der Waals surface area (Å²) >= 11 is 5.89. The molecule has 0 amide bonds. The molecule has 4 nitrogen and oxygen atoms in total. The minimum atomic E-state index is -0.808. The summed E-state index contributed by atoms with van der Waals surface area (Å²) in [5.41, 5.74) is 0.569. The molecule has 5 heteroatoms. The lowest BCUT2D eigenvalue weighted by Crippen LogP contribution is -2.08. The molecule has 0 aliphatic carbocycles. The van der Waals surface area contributed by atoms with E-state index in [0.29, 0.717) is 23.1 Å². The molecule has 0 saturated heterocycles. The Bertz CT molecular complexity index is 353. The molecule has 14 heavy (non-hydrogen) atoms. The number of hydrogen-bond donors (Lipinski definition) is 1. The molecule has 1 aliphatic heterocycles. The van der Waals surface area contributed by atoms with Crippen LogP contribution in [0.4, 0.5) is 0 Å². The summed E-state index contributed by atoms with van der Waals surface area (Å²) in [6.45, 7) is 0.627. The molecule has 2 heterocycles. The maximum absolute atomic E-state index is 9.93. The second-order valence-electron chi connectivity index (χ2n) is 3.15. The molecule has 0 bridgehead atoms. The molecule has 1 unspecified atom stereocenters. The van der Waals surface area contributed by atoms with Gasteiger partial charge >= 0.3 is 0 Å². The highest BCUT2D eigenvalue weighted by atomic mass is 35.5. The van der Waals surface area contributed by atoms with Crippen LogP contribution in [0, 0.1) is 0 Å². The number of hydrogen-bond acceptors (Lipinski definition) is 3. The molecule has 0 radical (unpaired) electrons. The number of aryl methyl sites for hydroxylation is 1. The number of aliphatic hydroxyl groups excluding tert-OH is 1. The zero-order valence-corrected chi connectivity index (χ0v) is 8.53. The predicted molar refractivity (Wildman–Crippen MR) is 51.8 cm³/mol. The average molecular weight is 215 g/mol. The van der Waals surface area contributed by atoms with Crippen LogP contribution in [-0.2, 0) is 11.8 Å². The highest BCUT2D eigenvalue weighted by Crippen LogP contribution is 2.30. The van der Waals surface area contributed by atoms with E-state index >= 15 is 0 Å². The molecule has 1 aliphatic rings. The Hall–Kier alpha value is -1.00. The Morgan fingerprint density at radius 1 is 1.71 bits per heavy atom. The third-order valence-corrected chi connectivity index (χ3v) is 2.49. The molecule has 0 aromatic carbocycles. The molecule has 76 valence electrons. The van der Waals surface area contributed by atoms with E-state index in [2.05, 4.69) is 5.10 Å². The second-order valence-corrected chi connectivity index (χ2v) is 3.55. The van der Waals surface area contributed by atoms with Gasteiger partial charge in [-0.15, -0.1) is 0 Å². The van der Waals surface area contributed by atoms with Crippen LogP contribution in [0.3, 0.4) is 0 Å². The SMILES string of the molecule is Cn1ncc(Cl)c1C(O)C1=CCCO1. The first-order valence-electron chi connectivity index (χ1n) is 4.38. The highest BCUT2D eigenvalue weighted by Gasteiger charge is 2.23. The van der Waals surface area contributed by atoms with Crippen LogP contribution in [0.5, 0.6) is 0 Å². The van der Waals surface area contributed by atoms with Crippen LogP contribution >= 0.6 is 11.6 Å². The third kappa shape index (κ3) is 1.51. The van der Waals surface area contributed by atoms with Crippen LogP contribution < -0.4 is 0 Å². The minimum Gasteiger partial charge on any atom is -0.495 e. The predicted octanol–water partition coefficient (Wildman–Crippen LogP) is 1.41. The molecule has 1 N–H and O–H groups in total. The van der Waals surface area contributed by atoms with E-state index in [1.807, 2.05) is 6.08 Å². The van der Waals surface area contributed by atoms with Gasteiger partial charge in [-0.2, -0.15) is 5.10 Å². The van der Waals surface area contributed by atoms with E-state index in [-0.39, 0.29) is 0 Å². The van der Waals surface area contributed by atoms with Gasteiger partial charge in [0.2, 0.25) is 0 Å². The fourth-order valence-electron chi connectivity index (χ4n) is 1.49. The summed E-state index contributed by atoms with van der Waals surface area (Å²) in [7, 11) is 1.74. The van der Waals surface area contributed by atoms with Crippen LogP contribution in [-0.4, -0.2) is 21.5 Å². The van der Waals surface area contributed by atoms with Crippen LogP contribution in [0.2, 0.25) is 5.02 Å². The van der Waals surface area contributed by atoms with Gasteiger partial charge < -0.3 is 9.84 Å². The van der Waals surface area contributed by atoms with Crippen molar-refractivity contribution in [3.8, 4) is 0 Å². The van der Waals surface area contributed by atoms with Gasteiger partial charge in [-0.3, -0.25) is 4.68 Å². The van der Waals surface area contributed by atoms with Crippen LogP contribution in [0.25, 0.3) is 0 Å². The van der Waals surface area contributed by atoms with Gasteiger partial charge in [0.15, 0.2) is 6.10 Å². The lowest BCUT2D eigenvalue weighted by Gasteiger charge is -2.12. The van der Waals surface area contributed by atoms with Crippen molar-refractivity contribution in [1.29, 1.82) is 0 Å². The lowest BCUT2D eigenvalue weighted by atomic mass is 10.2. The Labute approximate surface area is 86.7 Å². The number of aromatic nitrogens is 2. The number of rotatable bonds is 2. The van der Waals surface area contributed by atoms with Gasteiger partial charge in [0.25, 0.3) is 0 Å². The van der Waals surface area contributed by atoms with Crippen LogP contribution in [0.15, 0.2) is 18.0 Å². The average Bonchev–Trinajstić information content (AvgIpc) is 2.75. The summed E-state index contributed by atoms with van der Waals surface area (Å²) in [6.07, 6.45) is 3.41. The lowest BCUT2D eigenvalue weighted by molar-refractivity contribution is 0.113.